The number of unbranched alkanes of at least 4 members (excludes halogenated alkanes) is 3. The van der Waals surface area contributed by atoms with E-state index in [0.29, 0.717) is 23.2 Å². The Hall–Kier alpha value is -0.660. The first kappa shape index (κ1) is 21.6. The maximum absolute atomic E-state index is 12.3. The van der Waals surface area contributed by atoms with Crippen LogP contribution < -0.4 is 0 Å². The molecule has 0 aliphatic carbocycles. The van der Waals surface area contributed by atoms with Crippen LogP contribution in [0.2, 0.25) is 10.0 Å². The number of hydrogen-bond acceptors (Lipinski definition) is 5. The van der Waals surface area contributed by atoms with Crippen molar-refractivity contribution in [3.05, 3.63) is 52.5 Å². The third-order valence-electron chi connectivity index (χ3n) is 3.69. The van der Waals surface area contributed by atoms with E-state index in [1.807, 2.05) is 16.8 Å². The van der Waals surface area contributed by atoms with E-state index >= 15 is 0 Å². The number of benzene rings is 1. The Morgan fingerprint density at radius 2 is 2.15 bits per heavy atom. The molecule has 1 atom stereocenters. The second-order valence-electron chi connectivity index (χ2n) is 5.75. The minimum Gasteiger partial charge on any atom is -0.336 e. The number of aromatic nitrogens is 2. The van der Waals surface area contributed by atoms with Gasteiger partial charge in [-0.2, -0.15) is 0 Å². The molecule has 0 saturated carbocycles. The number of nitrogens with zero attached hydrogens (tertiary/aromatic N) is 2. The number of carbonyl (C=O) groups excluding carboxylic acids is 1. The van der Waals surface area contributed by atoms with Crippen LogP contribution in [0.4, 0.5) is 4.79 Å². The molecule has 1 heterocycles. The van der Waals surface area contributed by atoms with Crippen molar-refractivity contribution in [1.82, 2.24) is 9.55 Å². The lowest BCUT2D eigenvalue weighted by molar-refractivity contribution is 0.273. The van der Waals surface area contributed by atoms with Gasteiger partial charge in [-0.1, -0.05) is 67.2 Å². The van der Waals surface area contributed by atoms with Gasteiger partial charge in [0.15, 0.2) is 0 Å². The first-order valence-corrected chi connectivity index (χ1v) is 10.9. The Morgan fingerprint density at radius 1 is 1.31 bits per heavy atom. The first-order valence-electron chi connectivity index (χ1n) is 8.51. The lowest BCUT2D eigenvalue weighted by atomic mass is 10.1. The van der Waals surface area contributed by atoms with Gasteiger partial charge in [0.2, 0.25) is 0 Å². The van der Waals surface area contributed by atoms with Crippen molar-refractivity contribution in [2.45, 2.75) is 44.4 Å². The predicted molar refractivity (Wildman–Crippen MR) is 112 cm³/mol. The molecule has 2 aromatic rings. The summed E-state index contributed by atoms with van der Waals surface area (Å²) in [7, 11) is 0. The molecule has 1 aromatic carbocycles. The molecule has 0 spiro atoms. The molecule has 0 amide bonds. The number of carbonyl (C=O) groups is 1. The van der Waals surface area contributed by atoms with Gasteiger partial charge in [-0.05, 0) is 24.1 Å². The maximum Gasteiger partial charge on any atom is 0.273 e. The van der Waals surface area contributed by atoms with Gasteiger partial charge in [-0.3, -0.25) is 4.79 Å². The number of hydrogen-bond donors (Lipinski definition) is 0. The largest absolute Gasteiger partial charge is 0.336 e. The van der Waals surface area contributed by atoms with Crippen LogP contribution in [-0.4, -0.2) is 20.6 Å². The molecule has 26 heavy (non-hydrogen) atoms. The Kier molecular flexibility index (Phi) is 9.93. The highest BCUT2D eigenvalue weighted by Gasteiger charge is 2.21. The molecule has 0 aliphatic rings. The quantitative estimate of drug-likeness (QED) is 0.297. The summed E-state index contributed by atoms with van der Waals surface area (Å²) in [5, 5.41) is 0.965. The average Bonchev–Trinajstić information content (AvgIpc) is 3.10. The lowest BCUT2D eigenvalue weighted by Gasteiger charge is -2.18. The first-order chi connectivity index (χ1) is 12.6. The van der Waals surface area contributed by atoms with Crippen LogP contribution in [0.3, 0.4) is 0 Å². The van der Waals surface area contributed by atoms with E-state index in [4.69, 9.17) is 27.4 Å². The molecule has 8 heteroatoms. The fraction of sp³-hybridized carbons (Fsp3) is 0.444. The van der Waals surface area contributed by atoms with Crippen LogP contribution in [0.1, 0.15) is 43.4 Å². The molecule has 0 N–H and O–H groups in total. The lowest BCUT2D eigenvalue weighted by Crippen LogP contribution is -2.07. The summed E-state index contributed by atoms with van der Waals surface area (Å²) in [6.07, 6.45) is 9.76. The molecule has 2 rings (SSSR count). The maximum atomic E-state index is 12.3. The van der Waals surface area contributed by atoms with Crippen molar-refractivity contribution in [2.24, 2.45) is 0 Å². The molecule has 142 valence electrons. The predicted octanol–water partition coefficient (Wildman–Crippen LogP) is 7.03. The van der Waals surface area contributed by atoms with Crippen molar-refractivity contribution in [1.29, 1.82) is 0 Å². The minimum absolute atomic E-state index is 0.0865. The van der Waals surface area contributed by atoms with E-state index in [1.54, 1.807) is 24.7 Å². The smallest absolute Gasteiger partial charge is 0.273 e. The second kappa shape index (κ2) is 11.9. The molecular weight excluding hydrogens is 411 g/mol. The summed E-state index contributed by atoms with van der Waals surface area (Å²) in [4.78, 5) is 16.4. The van der Waals surface area contributed by atoms with Crippen molar-refractivity contribution in [3.8, 4) is 0 Å². The Bertz CT molecular complexity index is 684. The highest BCUT2D eigenvalue weighted by molar-refractivity contribution is 8.36. The van der Waals surface area contributed by atoms with Crippen molar-refractivity contribution in [2.75, 3.05) is 6.61 Å². The van der Waals surface area contributed by atoms with Gasteiger partial charge >= 0.3 is 0 Å². The molecule has 0 saturated heterocycles. The van der Waals surface area contributed by atoms with Crippen LogP contribution in [0, 0.1) is 0 Å². The van der Waals surface area contributed by atoms with Gasteiger partial charge in [0.1, 0.15) is 0 Å². The molecular formula is C18H22Cl2N2O2S2. The van der Waals surface area contributed by atoms with Crippen LogP contribution in [0.15, 0.2) is 36.9 Å². The fourth-order valence-electron chi connectivity index (χ4n) is 2.36. The summed E-state index contributed by atoms with van der Waals surface area (Å²) in [5.74, 6) is 0. The van der Waals surface area contributed by atoms with Crippen molar-refractivity contribution >= 4 is 51.5 Å². The average molecular weight is 433 g/mol. The Morgan fingerprint density at radius 3 is 2.85 bits per heavy atom. The Balaban J connectivity index is 1.94. The summed E-state index contributed by atoms with van der Waals surface area (Å²) < 4.78 is 7.27. The second-order valence-corrected chi connectivity index (χ2v) is 8.80. The number of halogens is 2. The zero-order valence-electron chi connectivity index (χ0n) is 14.6. The SMILES string of the molecule is CCCCCCOSC(=O)SC(Cn1ccnc1)c1ccc(Cl)cc1Cl. The summed E-state index contributed by atoms with van der Waals surface area (Å²) in [6.45, 7) is 3.33. The van der Waals surface area contributed by atoms with Crippen molar-refractivity contribution < 1.29 is 8.98 Å². The molecule has 1 aromatic heterocycles. The van der Waals surface area contributed by atoms with Crippen molar-refractivity contribution in [3.63, 3.8) is 0 Å². The molecule has 0 radical (unpaired) electrons. The molecule has 0 aliphatic heterocycles. The summed E-state index contributed by atoms with van der Waals surface area (Å²) in [6, 6.07) is 5.34. The summed E-state index contributed by atoms with van der Waals surface area (Å²) >= 11 is 14.5. The van der Waals surface area contributed by atoms with Crippen LogP contribution >= 0.6 is 47.0 Å². The molecule has 1 unspecified atom stereocenters. The number of imidazole rings is 1. The topological polar surface area (TPSA) is 44.1 Å². The third kappa shape index (κ3) is 7.53. The molecule has 0 bridgehead atoms. The zero-order chi connectivity index (χ0) is 18.8. The van der Waals surface area contributed by atoms with E-state index < -0.39 is 0 Å². The van der Waals surface area contributed by atoms with E-state index in [-0.39, 0.29) is 9.70 Å². The third-order valence-corrected chi connectivity index (χ3v) is 6.05. The highest BCUT2D eigenvalue weighted by atomic mass is 35.5. The van der Waals surface area contributed by atoms with E-state index in [9.17, 15) is 4.79 Å². The van der Waals surface area contributed by atoms with Crippen LogP contribution in [0.25, 0.3) is 0 Å². The van der Waals surface area contributed by atoms with Gasteiger partial charge in [0.05, 0.1) is 30.2 Å². The Labute approximate surface area is 173 Å². The molecule has 0 fully saturated rings. The van der Waals surface area contributed by atoms with Gasteiger partial charge in [-0.15, -0.1) is 0 Å². The number of rotatable bonds is 10. The van der Waals surface area contributed by atoms with E-state index in [1.165, 1.54) is 24.6 Å². The van der Waals surface area contributed by atoms with Gasteiger partial charge in [-0.25, -0.2) is 4.98 Å². The van der Waals surface area contributed by atoms with E-state index in [2.05, 4.69) is 11.9 Å². The monoisotopic (exact) mass is 432 g/mol. The van der Waals surface area contributed by atoms with Crippen LogP contribution in [-0.2, 0) is 10.7 Å². The zero-order valence-corrected chi connectivity index (χ0v) is 17.7. The van der Waals surface area contributed by atoms with Gasteiger partial charge in [0.25, 0.3) is 4.45 Å². The standard InChI is InChI=1S/C18H22Cl2N2O2S2/c1-2-3-4-5-10-24-26-18(23)25-17(12-22-9-8-21-13-22)15-7-6-14(19)11-16(15)20/h6-9,11,13,17H,2-5,10,12H2,1H3. The van der Waals surface area contributed by atoms with E-state index in [0.717, 1.165) is 30.4 Å². The van der Waals surface area contributed by atoms with Gasteiger partial charge < -0.3 is 8.75 Å². The highest BCUT2D eigenvalue weighted by Crippen LogP contribution is 2.39. The van der Waals surface area contributed by atoms with Gasteiger partial charge in [0, 0.05) is 29.0 Å². The fourth-order valence-corrected chi connectivity index (χ4v) is 4.72. The van der Waals surface area contributed by atoms with Crippen LogP contribution in [0.5, 0.6) is 0 Å². The molecule has 4 nitrogen and oxygen atoms in total. The normalized spacial score (nSPS) is 12.3. The summed E-state index contributed by atoms with van der Waals surface area (Å²) in [5.41, 5.74) is 0.867. The minimum atomic E-state index is -0.155. The number of thioether (sulfide) groups is 1.